The molecule has 0 heterocycles. The van der Waals surface area contributed by atoms with E-state index in [0.29, 0.717) is 12.3 Å². The Bertz CT molecular complexity index is 627. The lowest BCUT2D eigenvalue weighted by Gasteiger charge is -2.30. The molecule has 0 fully saturated rings. The summed E-state index contributed by atoms with van der Waals surface area (Å²) in [6, 6.07) is 19.9. The average molecular weight is 340 g/mol. The minimum atomic E-state index is -0.532. The third-order valence-corrected chi connectivity index (χ3v) is 4.33. The molecule has 0 spiro atoms. The molecule has 4 nitrogen and oxygen atoms in total. The van der Waals surface area contributed by atoms with Crippen molar-refractivity contribution < 1.29 is 9.53 Å². The summed E-state index contributed by atoms with van der Waals surface area (Å²) in [5, 5.41) is 3.04. The molecular weight excluding hydrogens is 312 g/mol. The quantitative estimate of drug-likeness (QED) is 0.757. The van der Waals surface area contributed by atoms with E-state index in [2.05, 4.69) is 36.2 Å². The Labute approximate surface area is 150 Å². The maximum absolute atomic E-state index is 12.4. The Hall–Kier alpha value is -2.33. The van der Waals surface area contributed by atoms with E-state index in [-0.39, 0.29) is 11.9 Å². The number of rotatable bonds is 9. The molecule has 2 atom stereocenters. The van der Waals surface area contributed by atoms with Crippen LogP contribution in [-0.2, 0) is 4.79 Å². The molecule has 0 aliphatic rings. The van der Waals surface area contributed by atoms with Crippen LogP contribution >= 0.6 is 0 Å². The third-order valence-electron chi connectivity index (χ3n) is 4.33. The van der Waals surface area contributed by atoms with Gasteiger partial charge in [0.15, 0.2) is 6.10 Å². The number of likely N-dealkylation sites (N-methyl/N-ethyl adjacent to an activating group) is 1. The lowest BCUT2D eigenvalue weighted by molar-refractivity contribution is -0.127. The Kier molecular flexibility index (Phi) is 7.48. The summed E-state index contributed by atoms with van der Waals surface area (Å²) in [7, 11) is 0. The van der Waals surface area contributed by atoms with Gasteiger partial charge in [0.25, 0.3) is 5.91 Å². The van der Waals surface area contributed by atoms with Gasteiger partial charge in [-0.3, -0.25) is 9.69 Å². The first-order chi connectivity index (χ1) is 12.2. The Morgan fingerprint density at radius 3 is 2.12 bits per heavy atom. The zero-order chi connectivity index (χ0) is 18.1. The summed E-state index contributed by atoms with van der Waals surface area (Å²) >= 11 is 0. The first-order valence-electron chi connectivity index (χ1n) is 8.94. The van der Waals surface area contributed by atoms with Crippen LogP contribution in [0.3, 0.4) is 0 Å². The molecule has 0 saturated heterocycles. The van der Waals surface area contributed by atoms with Crippen molar-refractivity contribution in [3.8, 4) is 5.75 Å². The molecule has 0 saturated carbocycles. The number of benzene rings is 2. The molecule has 25 heavy (non-hydrogen) atoms. The molecule has 2 aromatic rings. The van der Waals surface area contributed by atoms with E-state index in [1.165, 1.54) is 5.56 Å². The van der Waals surface area contributed by atoms with Crippen molar-refractivity contribution in [1.29, 1.82) is 0 Å². The second-order valence-electron chi connectivity index (χ2n) is 5.97. The molecule has 2 unspecified atom stereocenters. The summed E-state index contributed by atoms with van der Waals surface area (Å²) in [6.07, 6.45) is -0.532. The van der Waals surface area contributed by atoms with E-state index >= 15 is 0 Å². The molecular formula is C21H28N2O2. The van der Waals surface area contributed by atoms with E-state index in [1.54, 1.807) is 6.92 Å². The van der Waals surface area contributed by atoms with Crippen molar-refractivity contribution in [2.75, 3.05) is 19.6 Å². The fraction of sp³-hybridized carbons (Fsp3) is 0.381. The zero-order valence-corrected chi connectivity index (χ0v) is 15.3. The number of carbonyl (C=O) groups excluding carboxylic acids is 1. The first-order valence-corrected chi connectivity index (χ1v) is 8.94. The van der Waals surface area contributed by atoms with Crippen LogP contribution in [-0.4, -0.2) is 36.5 Å². The van der Waals surface area contributed by atoms with Crippen molar-refractivity contribution in [2.24, 2.45) is 0 Å². The maximum Gasteiger partial charge on any atom is 0.260 e. The van der Waals surface area contributed by atoms with Crippen molar-refractivity contribution in [2.45, 2.75) is 32.9 Å². The van der Waals surface area contributed by atoms with Crippen LogP contribution in [0, 0.1) is 0 Å². The van der Waals surface area contributed by atoms with E-state index in [9.17, 15) is 4.79 Å². The third kappa shape index (κ3) is 5.61. The van der Waals surface area contributed by atoms with Crippen molar-refractivity contribution in [1.82, 2.24) is 10.2 Å². The van der Waals surface area contributed by atoms with Crippen molar-refractivity contribution in [3.63, 3.8) is 0 Å². The topological polar surface area (TPSA) is 41.6 Å². The minimum Gasteiger partial charge on any atom is -0.481 e. The Morgan fingerprint density at radius 2 is 1.56 bits per heavy atom. The van der Waals surface area contributed by atoms with Gasteiger partial charge >= 0.3 is 0 Å². The molecule has 0 aromatic heterocycles. The second kappa shape index (κ2) is 9.84. The van der Waals surface area contributed by atoms with E-state index in [1.807, 2.05) is 48.5 Å². The van der Waals surface area contributed by atoms with E-state index in [4.69, 9.17) is 4.74 Å². The SMILES string of the molecule is CCN(CC)C(CNC(=O)C(C)Oc1ccccc1)c1ccccc1. The number of nitrogens with one attached hydrogen (secondary N) is 1. The number of carbonyl (C=O) groups is 1. The monoisotopic (exact) mass is 340 g/mol. The van der Waals surface area contributed by atoms with Crippen molar-refractivity contribution in [3.05, 3.63) is 66.2 Å². The Balaban J connectivity index is 1.98. The van der Waals surface area contributed by atoms with Gasteiger partial charge < -0.3 is 10.1 Å². The molecule has 2 aromatic carbocycles. The molecule has 0 bridgehead atoms. The summed E-state index contributed by atoms with van der Waals surface area (Å²) in [5.41, 5.74) is 1.21. The van der Waals surface area contributed by atoms with Crippen LogP contribution in [0.25, 0.3) is 0 Å². The predicted octanol–water partition coefficient (Wildman–Crippen LogP) is 3.65. The van der Waals surface area contributed by atoms with Crippen LogP contribution in [0.5, 0.6) is 5.75 Å². The molecule has 4 heteroatoms. The molecule has 1 amide bonds. The lowest BCUT2D eigenvalue weighted by atomic mass is 10.0. The summed E-state index contributed by atoms with van der Waals surface area (Å²) in [6.45, 7) is 8.49. The highest BCUT2D eigenvalue weighted by Gasteiger charge is 2.21. The maximum atomic E-state index is 12.4. The van der Waals surface area contributed by atoms with Gasteiger partial charge in [-0.05, 0) is 37.7 Å². The van der Waals surface area contributed by atoms with Crippen LogP contribution in [0.2, 0.25) is 0 Å². The summed E-state index contributed by atoms with van der Waals surface area (Å²) in [4.78, 5) is 14.8. The molecule has 1 N–H and O–H groups in total. The van der Waals surface area contributed by atoms with Gasteiger partial charge in [-0.2, -0.15) is 0 Å². The van der Waals surface area contributed by atoms with Crippen LogP contribution in [0.4, 0.5) is 0 Å². The number of hydrogen-bond acceptors (Lipinski definition) is 3. The standard InChI is InChI=1S/C21H28N2O2/c1-4-23(5-2)20(18-12-8-6-9-13-18)16-22-21(24)17(3)25-19-14-10-7-11-15-19/h6-15,17,20H,4-5,16H2,1-3H3,(H,22,24). The molecule has 0 aliphatic carbocycles. The summed E-state index contributed by atoms with van der Waals surface area (Å²) < 4.78 is 5.70. The molecule has 134 valence electrons. The fourth-order valence-corrected chi connectivity index (χ4v) is 2.90. The van der Waals surface area contributed by atoms with Gasteiger partial charge in [-0.15, -0.1) is 0 Å². The molecule has 0 aliphatic heterocycles. The number of amides is 1. The number of ether oxygens (including phenoxy) is 1. The average Bonchev–Trinajstić information content (AvgIpc) is 2.66. The molecule has 0 radical (unpaired) electrons. The smallest absolute Gasteiger partial charge is 0.260 e. The van der Waals surface area contributed by atoms with Crippen LogP contribution in [0.1, 0.15) is 32.4 Å². The van der Waals surface area contributed by atoms with Gasteiger partial charge in [0.1, 0.15) is 5.75 Å². The van der Waals surface area contributed by atoms with E-state index in [0.717, 1.165) is 13.1 Å². The number of hydrogen-bond donors (Lipinski definition) is 1. The van der Waals surface area contributed by atoms with Gasteiger partial charge in [0, 0.05) is 6.54 Å². The Morgan fingerprint density at radius 1 is 1.00 bits per heavy atom. The second-order valence-corrected chi connectivity index (χ2v) is 5.97. The fourth-order valence-electron chi connectivity index (χ4n) is 2.90. The molecule has 2 rings (SSSR count). The number of para-hydroxylation sites is 1. The highest BCUT2D eigenvalue weighted by Crippen LogP contribution is 2.19. The predicted molar refractivity (Wildman–Crippen MR) is 102 cm³/mol. The van der Waals surface area contributed by atoms with Gasteiger partial charge in [-0.25, -0.2) is 0 Å². The largest absolute Gasteiger partial charge is 0.481 e. The van der Waals surface area contributed by atoms with Gasteiger partial charge in [0.05, 0.1) is 6.04 Å². The van der Waals surface area contributed by atoms with E-state index < -0.39 is 6.10 Å². The zero-order valence-electron chi connectivity index (χ0n) is 15.3. The summed E-state index contributed by atoms with van der Waals surface area (Å²) in [5.74, 6) is 0.602. The number of nitrogens with zero attached hydrogens (tertiary/aromatic N) is 1. The lowest BCUT2D eigenvalue weighted by Crippen LogP contribution is -2.42. The van der Waals surface area contributed by atoms with Crippen LogP contribution < -0.4 is 10.1 Å². The highest BCUT2D eigenvalue weighted by molar-refractivity contribution is 5.80. The van der Waals surface area contributed by atoms with Crippen LogP contribution in [0.15, 0.2) is 60.7 Å². The minimum absolute atomic E-state index is 0.100. The van der Waals surface area contributed by atoms with Gasteiger partial charge in [0.2, 0.25) is 0 Å². The highest BCUT2D eigenvalue weighted by atomic mass is 16.5. The first kappa shape index (κ1) is 19.0. The van der Waals surface area contributed by atoms with Crippen molar-refractivity contribution >= 4 is 5.91 Å². The van der Waals surface area contributed by atoms with Gasteiger partial charge in [-0.1, -0.05) is 62.4 Å². The normalized spacial score (nSPS) is 13.3.